The molecule has 0 aliphatic rings. The first-order chi connectivity index (χ1) is 12.6. The Hall–Kier alpha value is -3.28. The van der Waals surface area contributed by atoms with Crippen LogP contribution in [0.2, 0.25) is 0 Å². The number of urea groups is 1. The van der Waals surface area contributed by atoms with Gasteiger partial charge in [-0.1, -0.05) is 24.3 Å². The molecule has 136 valence electrons. The molecule has 0 fully saturated rings. The Kier molecular flexibility index (Phi) is 7.24. The molecule has 2 N–H and O–H groups in total. The Labute approximate surface area is 152 Å². The summed E-state index contributed by atoms with van der Waals surface area (Å²) in [6.45, 7) is 2.45. The molecule has 0 atom stereocenters. The summed E-state index contributed by atoms with van der Waals surface area (Å²) in [5.74, 6) is 0.398. The molecule has 2 aromatic carbocycles. The fourth-order valence-corrected chi connectivity index (χ4v) is 2.17. The van der Waals surface area contributed by atoms with Crippen LogP contribution in [0.15, 0.2) is 54.7 Å². The van der Waals surface area contributed by atoms with Gasteiger partial charge in [0, 0.05) is 12.7 Å². The number of carbonyl (C=O) groups is 2. The zero-order valence-electron chi connectivity index (χ0n) is 14.8. The highest BCUT2D eigenvalue weighted by molar-refractivity contribution is 5.89. The van der Waals surface area contributed by atoms with E-state index in [2.05, 4.69) is 10.6 Å². The maximum absolute atomic E-state index is 11.8. The highest BCUT2D eigenvalue weighted by Crippen LogP contribution is 2.13. The molecule has 0 saturated carbocycles. The minimum atomic E-state index is -0.354. The van der Waals surface area contributed by atoms with Gasteiger partial charge in [-0.15, -0.1) is 0 Å². The van der Waals surface area contributed by atoms with Crippen molar-refractivity contribution in [3.05, 3.63) is 71.4 Å². The van der Waals surface area contributed by atoms with Crippen molar-refractivity contribution in [1.29, 1.82) is 0 Å². The Balaban J connectivity index is 1.79. The summed E-state index contributed by atoms with van der Waals surface area (Å²) in [7, 11) is 1.60. The van der Waals surface area contributed by atoms with Crippen LogP contribution >= 0.6 is 0 Å². The van der Waals surface area contributed by atoms with E-state index in [9.17, 15) is 9.59 Å². The summed E-state index contributed by atoms with van der Waals surface area (Å²) in [6.07, 6.45) is 3.34. The minimum Gasteiger partial charge on any atom is -0.497 e. The monoisotopic (exact) mass is 354 g/mol. The van der Waals surface area contributed by atoms with Gasteiger partial charge < -0.3 is 20.1 Å². The highest BCUT2D eigenvalue weighted by Gasteiger charge is 2.06. The average Bonchev–Trinajstić information content (AvgIpc) is 2.67. The maximum Gasteiger partial charge on any atom is 0.338 e. The van der Waals surface area contributed by atoms with E-state index in [0.29, 0.717) is 18.7 Å². The van der Waals surface area contributed by atoms with Gasteiger partial charge in [0.25, 0.3) is 0 Å². The molecular formula is C20H22N2O4. The maximum atomic E-state index is 11.8. The number of hydrogen-bond acceptors (Lipinski definition) is 4. The van der Waals surface area contributed by atoms with Gasteiger partial charge in [-0.25, -0.2) is 9.59 Å². The van der Waals surface area contributed by atoms with Gasteiger partial charge in [-0.05, 0) is 48.4 Å². The van der Waals surface area contributed by atoms with Crippen LogP contribution < -0.4 is 15.4 Å². The summed E-state index contributed by atoms with van der Waals surface area (Å²) in [4.78, 5) is 23.4. The molecular weight excluding hydrogens is 332 g/mol. The summed E-state index contributed by atoms with van der Waals surface area (Å²) < 4.78 is 10.1. The number of esters is 1. The van der Waals surface area contributed by atoms with E-state index in [1.165, 1.54) is 0 Å². The Morgan fingerprint density at radius 3 is 2.58 bits per heavy atom. The van der Waals surface area contributed by atoms with Gasteiger partial charge in [0.05, 0.1) is 19.3 Å². The van der Waals surface area contributed by atoms with Gasteiger partial charge in [0.15, 0.2) is 0 Å². The first-order valence-electron chi connectivity index (χ1n) is 8.23. The number of amides is 2. The van der Waals surface area contributed by atoms with Crippen LogP contribution in [0.1, 0.15) is 28.4 Å². The van der Waals surface area contributed by atoms with Crippen molar-refractivity contribution in [2.24, 2.45) is 0 Å². The largest absolute Gasteiger partial charge is 0.497 e. The molecule has 6 heteroatoms. The molecule has 0 heterocycles. The first kappa shape index (κ1) is 19.1. The SMILES string of the molecule is CCOC(=O)c1ccc(CNC(=O)N/C=C/c2cccc(OC)c2)cc1. The number of nitrogens with one attached hydrogen (secondary N) is 2. The van der Waals surface area contributed by atoms with E-state index in [1.54, 1.807) is 50.6 Å². The van der Waals surface area contributed by atoms with Crippen molar-refractivity contribution in [2.45, 2.75) is 13.5 Å². The van der Waals surface area contributed by atoms with Crippen LogP contribution in [0.25, 0.3) is 6.08 Å². The third-order valence-corrected chi connectivity index (χ3v) is 3.50. The standard InChI is InChI=1S/C20H22N2O4/c1-3-26-19(23)17-9-7-16(8-10-17)14-22-20(24)21-12-11-15-5-4-6-18(13-15)25-2/h4-13H,3,14H2,1-2H3,(H2,21,22,24)/b12-11+. The number of ether oxygens (including phenoxy) is 2. The van der Waals surface area contributed by atoms with E-state index in [1.807, 2.05) is 24.3 Å². The van der Waals surface area contributed by atoms with Crippen molar-refractivity contribution in [2.75, 3.05) is 13.7 Å². The second kappa shape index (κ2) is 9.88. The highest BCUT2D eigenvalue weighted by atomic mass is 16.5. The van der Waals surface area contributed by atoms with E-state index < -0.39 is 0 Å². The van der Waals surface area contributed by atoms with Crippen molar-refractivity contribution >= 4 is 18.1 Å². The molecule has 0 aliphatic heterocycles. The molecule has 0 bridgehead atoms. The fraction of sp³-hybridized carbons (Fsp3) is 0.200. The lowest BCUT2D eigenvalue weighted by Crippen LogP contribution is -2.31. The van der Waals surface area contributed by atoms with Crippen LogP contribution in [-0.4, -0.2) is 25.7 Å². The average molecular weight is 354 g/mol. The van der Waals surface area contributed by atoms with Gasteiger partial charge >= 0.3 is 12.0 Å². The van der Waals surface area contributed by atoms with Crippen molar-refractivity contribution < 1.29 is 19.1 Å². The number of carbonyl (C=O) groups excluding carboxylic acids is 2. The number of methoxy groups -OCH3 is 1. The lowest BCUT2D eigenvalue weighted by molar-refractivity contribution is 0.0526. The van der Waals surface area contributed by atoms with Crippen LogP contribution in [-0.2, 0) is 11.3 Å². The molecule has 2 rings (SSSR count). The normalized spacial score (nSPS) is 10.4. The van der Waals surface area contributed by atoms with Gasteiger partial charge in [-0.3, -0.25) is 0 Å². The van der Waals surface area contributed by atoms with Crippen LogP contribution in [0.3, 0.4) is 0 Å². The van der Waals surface area contributed by atoms with E-state index in [0.717, 1.165) is 16.9 Å². The number of benzene rings is 2. The molecule has 2 aromatic rings. The molecule has 6 nitrogen and oxygen atoms in total. The fourth-order valence-electron chi connectivity index (χ4n) is 2.17. The third-order valence-electron chi connectivity index (χ3n) is 3.50. The Morgan fingerprint density at radius 1 is 1.12 bits per heavy atom. The summed E-state index contributed by atoms with van der Waals surface area (Å²) in [5, 5.41) is 5.38. The van der Waals surface area contributed by atoms with Crippen molar-refractivity contribution in [1.82, 2.24) is 10.6 Å². The topological polar surface area (TPSA) is 76.7 Å². The van der Waals surface area contributed by atoms with Gasteiger partial charge in [0.2, 0.25) is 0 Å². The second-order valence-electron chi connectivity index (χ2n) is 5.35. The van der Waals surface area contributed by atoms with Crippen LogP contribution in [0, 0.1) is 0 Å². The van der Waals surface area contributed by atoms with Crippen molar-refractivity contribution in [3.8, 4) is 5.75 Å². The van der Waals surface area contributed by atoms with Gasteiger partial charge in [-0.2, -0.15) is 0 Å². The van der Waals surface area contributed by atoms with Crippen LogP contribution in [0.5, 0.6) is 5.75 Å². The predicted molar refractivity (Wildman–Crippen MR) is 99.8 cm³/mol. The van der Waals surface area contributed by atoms with Gasteiger partial charge in [0.1, 0.15) is 5.75 Å². The Morgan fingerprint density at radius 2 is 1.88 bits per heavy atom. The lowest BCUT2D eigenvalue weighted by atomic mass is 10.1. The minimum absolute atomic E-state index is 0.321. The molecule has 0 spiro atoms. The molecule has 0 saturated heterocycles. The first-order valence-corrected chi connectivity index (χ1v) is 8.23. The van der Waals surface area contributed by atoms with E-state index >= 15 is 0 Å². The van der Waals surface area contributed by atoms with Crippen molar-refractivity contribution in [3.63, 3.8) is 0 Å². The molecule has 0 radical (unpaired) electrons. The summed E-state index contributed by atoms with van der Waals surface area (Å²) in [5.41, 5.74) is 2.28. The predicted octanol–water partition coefficient (Wildman–Crippen LogP) is 3.34. The molecule has 2 amide bonds. The van der Waals surface area contributed by atoms with E-state index in [-0.39, 0.29) is 12.0 Å². The molecule has 0 aromatic heterocycles. The summed E-state index contributed by atoms with van der Waals surface area (Å²) >= 11 is 0. The Bertz CT molecular complexity index is 770. The summed E-state index contributed by atoms with van der Waals surface area (Å²) in [6, 6.07) is 14.1. The smallest absolute Gasteiger partial charge is 0.338 e. The molecule has 26 heavy (non-hydrogen) atoms. The quantitative estimate of drug-likeness (QED) is 0.748. The number of rotatable bonds is 7. The number of hydrogen-bond donors (Lipinski definition) is 2. The zero-order valence-corrected chi connectivity index (χ0v) is 14.8. The third kappa shape index (κ3) is 5.98. The molecule has 0 aliphatic carbocycles. The van der Waals surface area contributed by atoms with Crippen LogP contribution in [0.4, 0.5) is 4.79 Å². The zero-order chi connectivity index (χ0) is 18.8. The molecule has 0 unspecified atom stereocenters. The second-order valence-corrected chi connectivity index (χ2v) is 5.35. The van der Waals surface area contributed by atoms with E-state index in [4.69, 9.17) is 9.47 Å². The lowest BCUT2D eigenvalue weighted by Gasteiger charge is -2.06.